The molecule has 1 saturated heterocycles. The van der Waals surface area contributed by atoms with E-state index in [1.165, 1.54) is 18.3 Å². The molecular weight excluding hydrogens is 208 g/mol. The lowest BCUT2D eigenvalue weighted by Crippen LogP contribution is -2.37. The van der Waals surface area contributed by atoms with Crippen LogP contribution < -0.4 is 10.6 Å². The third-order valence-corrected chi connectivity index (χ3v) is 2.75. The van der Waals surface area contributed by atoms with E-state index in [0.29, 0.717) is 5.82 Å². The summed E-state index contributed by atoms with van der Waals surface area (Å²) >= 11 is 0. The largest absolute Gasteiger partial charge is 0.363 e. The Labute approximate surface area is 93.2 Å². The highest BCUT2D eigenvalue weighted by molar-refractivity contribution is 5.46. The lowest BCUT2D eigenvalue weighted by molar-refractivity contribution is -0.384. The number of pyridine rings is 1. The molecule has 2 heterocycles. The van der Waals surface area contributed by atoms with E-state index >= 15 is 0 Å². The summed E-state index contributed by atoms with van der Waals surface area (Å²) in [7, 11) is 0. The first kappa shape index (κ1) is 10.8. The summed E-state index contributed by atoms with van der Waals surface area (Å²) in [6.07, 6.45) is 2.43. The number of anilines is 1. The molecule has 2 N–H and O–H groups in total. The van der Waals surface area contributed by atoms with E-state index in [-0.39, 0.29) is 11.2 Å². The number of hydrogen-bond donors (Lipinski definition) is 2. The van der Waals surface area contributed by atoms with E-state index in [1.807, 2.05) is 0 Å². The number of aromatic nitrogens is 1. The van der Waals surface area contributed by atoms with Crippen LogP contribution in [0.25, 0.3) is 0 Å². The van der Waals surface area contributed by atoms with E-state index in [4.69, 9.17) is 0 Å². The molecule has 1 fully saturated rings. The Kier molecular flexibility index (Phi) is 2.74. The van der Waals surface area contributed by atoms with Crippen LogP contribution in [-0.4, -0.2) is 28.5 Å². The second-order valence-corrected chi connectivity index (χ2v) is 4.27. The molecule has 0 aromatic carbocycles. The van der Waals surface area contributed by atoms with Gasteiger partial charge in [-0.2, -0.15) is 0 Å². The summed E-state index contributed by atoms with van der Waals surface area (Å²) < 4.78 is 0. The summed E-state index contributed by atoms with van der Waals surface area (Å²) in [4.78, 5) is 14.3. The average Bonchev–Trinajstić information content (AvgIpc) is 2.65. The maximum Gasteiger partial charge on any atom is 0.274 e. The highest BCUT2D eigenvalue weighted by atomic mass is 16.6. The van der Waals surface area contributed by atoms with Crippen LogP contribution in [-0.2, 0) is 0 Å². The molecular formula is C10H14N4O2. The fraction of sp³-hybridized carbons (Fsp3) is 0.500. The molecule has 0 aliphatic carbocycles. The van der Waals surface area contributed by atoms with Crippen molar-refractivity contribution in [2.24, 2.45) is 0 Å². The van der Waals surface area contributed by atoms with Gasteiger partial charge in [0.1, 0.15) is 5.82 Å². The van der Waals surface area contributed by atoms with Gasteiger partial charge in [-0.05, 0) is 19.9 Å². The average molecular weight is 222 g/mol. The second kappa shape index (κ2) is 4.05. The maximum atomic E-state index is 10.6. The van der Waals surface area contributed by atoms with Gasteiger partial charge in [-0.25, -0.2) is 4.98 Å². The molecule has 1 unspecified atom stereocenters. The Morgan fingerprint density at radius 2 is 2.50 bits per heavy atom. The third kappa shape index (κ3) is 2.27. The molecule has 0 saturated carbocycles. The van der Waals surface area contributed by atoms with Crippen molar-refractivity contribution >= 4 is 11.5 Å². The molecule has 0 bridgehead atoms. The number of rotatable bonds is 3. The molecule has 0 radical (unpaired) electrons. The van der Waals surface area contributed by atoms with E-state index in [2.05, 4.69) is 22.5 Å². The quantitative estimate of drug-likeness (QED) is 0.592. The van der Waals surface area contributed by atoms with Crippen LogP contribution in [0, 0.1) is 10.1 Å². The van der Waals surface area contributed by atoms with Crippen LogP contribution in [0.5, 0.6) is 0 Å². The normalized spacial score (nSPS) is 24.3. The number of nitrogens with one attached hydrogen (secondary N) is 2. The molecule has 1 atom stereocenters. The van der Waals surface area contributed by atoms with Gasteiger partial charge in [-0.3, -0.25) is 10.1 Å². The number of nitrogens with zero attached hydrogens (tertiary/aromatic N) is 2. The van der Waals surface area contributed by atoms with E-state index < -0.39 is 4.92 Å². The third-order valence-electron chi connectivity index (χ3n) is 2.75. The Morgan fingerprint density at radius 1 is 1.69 bits per heavy atom. The predicted octanol–water partition coefficient (Wildman–Crippen LogP) is 1.15. The first-order chi connectivity index (χ1) is 7.59. The maximum absolute atomic E-state index is 10.6. The molecule has 0 amide bonds. The standard InChI is InChI=1S/C10H14N4O2/c1-10(3-5-11-7-10)13-9-6-8(14(15)16)2-4-12-9/h2,4,6,11H,3,5,7H2,1H3,(H,12,13). The minimum absolute atomic E-state index is 0.0621. The first-order valence-electron chi connectivity index (χ1n) is 5.18. The molecule has 2 rings (SSSR count). The summed E-state index contributed by atoms with van der Waals surface area (Å²) in [5, 5.41) is 17.1. The molecule has 1 aromatic heterocycles. The van der Waals surface area contributed by atoms with Crippen LogP contribution in [0.4, 0.5) is 11.5 Å². The highest BCUT2D eigenvalue weighted by Gasteiger charge is 2.28. The molecule has 6 nitrogen and oxygen atoms in total. The number of hydrogen-bond acceptors (Lipinski definition) is 5. The molecule has 1 aliphatic rings. The second-order valence-electron chi connectivity index (χ2n) is 4.27. The first-order valence-corrected chi connectivity index (χ1v) is 5.18. The van der Waals surface area contributed by atoms with Crippen molar-refractivity contribution in [1.82, 2.24) is 10.3 Å². The Hall–Kier alpha value is -1.69. The van der Waals surface area contributed by atoms with Gasteiger partial charge in [0.15, 0.2) is 0 Å². The van der Waals surface area contributed by atoms with Crippen LogP contribution in [0.15, 0.2) is 18.3 Å². The Balaban J connectivity index is 2.15. The zero-order valence-corrected chi connectivity index (χ0v) is 9.06. The molecule has 1 aliphatic heterocycles. The van der Waals surface area contributed by atoms with Crippen molar-refractivity contribution in [2.75, 3.05) is 18.4 Å². The smallest absolute Gasteiger partial charge is 0.274 e. The van der Waals surface area contributed by atoms with Crippen LogP contribution in [0.1, 0.15) is 13.3 Å². The van der Waals surface area contributed by atoms with Crippen LogP contribution in [0.2, 0.25) is 0 Å². The lowest BCUT2D eigenvalue weighted by atomic mass is 10.0. The zero-order valence-electron chi connectivity index (χ0n) is 9.06. The molecule has 1 aromatic rings. The van der Waals surface area contributed by atoms with Crippen molar-refractivity contribution in [1.29, 1.82) is 0 Å². The molecule has 6 heteroatoms. The molecule has 86 valence electrons. The van der Waals surface area contributed by atoms with Crippen molar-refractivity contribution < 1.29 is 4.92 Å². The fourth-order valence-corrected chi connectivity index (χ4v) is 1.83. The monoisotopic (exact) mass is 222 g/mol. The summed E-state index contributed by atoms with van der Waals surface area (Å²) in [6.45, 7) is 3.88. The van der Waals surface area contributed by atoms with Crippen molar-refractivity contribution in [2.45, 2.75) is 18.9 Å². The van der Waals surface area contributed by atoms with Gasteiger partial charge in [0.2, 0.25) is 0 Å². The van der Waals surface area contributed by atoms with Gasteiger partial charge in [0.05, 0.1) is 11.0 Å². The van der Waals surface area contributed by atoms with Crippen molar-refractivity contribution in [3.63, 3.8) is 0 Å². The minimum Gasteiger partial charge on any atom is -0.363 e. The van der Waals surface area contributed by atoms with Crippen LogP contribution in [0.3, 0.4) is 0 Å². The summed E-state index contributed by atoms with van der Waals surface area (Å²) in [6, 6.07) is 2.85. The number of nitro groups is 1. The van der Waals surface area contributed by atoms with Crippen molar-refractivity contribution in [3.05, 3.63) is 28.4 Å². The zero-order chi connectivity index (χ0) is 11.6. The summed E-state index contributed by atoms with van der Waals surface area (Å²) in [5.74, 6) is 0.556. The van der Waals surface area contributed by atoms with Gasteiger partial charge < -0.3 is 10.6 Å². The molecule has 16 heavy (non-hydrogen) atoms. The fourth-order valence-electron chi connectivity index (χ4n) is 1.83. The van der Waals surface area contributed by atoms with Crippen molar-refractivity contribution in [3.8, 4) is 0 Å². The van der Waals surface area contributed by atoms with Gasteiger partial charge in [-0.15, -0.1) is 0 Å². The van der Waals surface area contributed by atoms with Gasteiger partial charge in [-0.1, -0.05) is 0 Å². The van der Waals surface area contributed by atoms with Gasteiger partial charge in [0.25, 0.3) is 5.69 Å². The lowest BCUT2D eigenvalue weighted by Gasteiger charge is -2.24. The minimum atomic E-state index is -0.415. The Bertz CT molecular complexity index is 402. The van der Waals surface area contributed by atoms with Gasteiger partial charge >= 0.3 is 0 Å². The van der Waals surface area contributed by atoms with E-state index in [9.17, 15) is 10.1 Å². The van der Waals surface area contributed by atoms with E-state index in [1.54, 1.807) is 0 Å². The summed E-state index contributed by atoms with van der Waals surface area (Å²) in [5.41, 5.74) is -0.00515. The SMILES string of the molecule is CC1(Nc2cc([N+](=O)[O-])ccn2)CCNC1. The Morgan fingerprint density at radius 3 is 3.12 bits per heavy atom. The highest BCUT2D eigenvalue weighted by Crippen LogP contribution is 2.22. The van der Waals surface area contributed by atoms with Crippen LogP contribution >= 0.6 is 0 Å². The van der Waals surface area contributed by atoms with E-state index in [0.717, 1.165) is 19.5 Å². The molecule has 0 spiro atoms. The topological polar surface area (TPSA) is 80.1 Å². The predicted molar refractivity (Wildman–Crippen MR) is 60.4 cm³/mol. The van der Waals surface area contributed by atoms with Gasteiger partial charge in [0, 0.05) is 24.3 Å².